The fourth-order valence-electron chi connectivity index (χ4n) is 3.25. The summed E-state index contributed by atoms with van der Waals surface area (Å²) in [6.45, 7) is 7.07. The molecule has 0 spiro atoms. The van der Waals surface area contributed by atoms with Gasteiger partial charge in [-0.15, -0.1) is 11.3 Å². The molecule has 1 heterocycles. The highest BCUT2D eigenvalue weighted by atomic mass is 32.1. The Morgan fingerprint density at radius 3 is 2.61 bits per heavy atom. The van der Waals surface area contributed by atoms with Gasteiger partial charge in [-0.25, -0.2) is 14.8 Å². The highest BCUT2D eigenvalue weighted by Gasteiger charge is 2.17. The van der Waals surface area contributed by atoms with Crippen LogP contribution in [0.1, 0.15) is 42.8 Å². The van der Waals surface area contributed by atoms with Gasteiger partial charge in [0, 0.05) is 20.1 Å². The zero-order valence-electron chi connectivity index (χ0n) is 19.7. The van der Waals surface area contributed by atoms with E-state index in [-0.39, 0.29) is 0 Å². The van der Waals surface area contributed by atoms with Crippen LogP contribution < -0.4 is 5.32 Å². The third-order valence-corrected chi connectivity index (χ3v) is 6.38. The third kappa shape index (κ3) is 6.61. The van der Waals surface area contributed by atoms with E-state index in [4.69, 9.17) is 4.99 Å². The second-order valence-electron chi connectivity index (χ2n) is 7.97. The van der Waals surface area contributed by atoms with Crippen LogP contribution >= 0.6 is 11.3 Å². The molecular formula is C25H31N5O2S. The molecule has 0 saturated carbocycles. The van der Waals surface area contributed by atoms with Crippen molar-refractivity contribution in [3.05, 3.63) is 58.6 Å². The highest BCUT2D eigenvalue weighted by Crippen LogP contribution is 2.27. The first-order valence-electron chi connectivity index (χ1n) is 11.2. The van der Waals surface area contributed by atoms with Gasteiger partial charge in [-0.1, -0.05) is 50.1 Å². The molecule has 33 heavy (non-hydrogen) atoms. The molecule has 0 fully saturated rings. The van der Waals surface area contributed by atoms with Crippen LogP contribution in [-0.4, -0.2) is 46.8 Å². The minimum Gasteiger partial charge on any atom is -0.341 e. The van der Waals surface area contributed by atoms with E-state index in [9.17, 15) is 9.59 Å². The quantitative estimate of drug-likeness (QED) is 0.280. The number of aliphatic imine (C=N–C) groups is 1. The van der Waals surface area contributed by atoms with Gasteiger partial charge in [0.05, 0.1) is 20.9 Å². The summed E-state index contributed by atoms with van der Waals surface area (Å²) in [5.74, 6) is 0.378. The number of unbranched alkanes of at least 4 members (excludes halogenated alkanes) is 1. The average Bonchev–Trinajstić information content (AvgIpc) is 3.23. The van der Waals surface area contributed by atoms with Gasteiger partial charge in [-0.3, -0.25) is 15.0 Å². The van der Waals surface area contributed by atoms with Crippen LogP contribution in [0.4, 0.5) is 10.5 Å². The summed E-state index contributed by atoms with van der Waals surface area (Å²) in [4.78, 5) is 36.6. The second kappa shape index (κ2) is 11.6. The van der Waals surface area contributed by atoms with Gasteiger partial charge < -0.3 is 4.90 Å². The molecule has 2 aromatic carbocycles. The zero-order chi connectivity index (χ0) is 23.8. The van der Waals surface area contributed by atoms with Crippen LogP contribution in [0.15, 0.2) is 47.5 Å². The molecule has 7 nitrogen and oxygen atoms in total. The number of nitrogens with one attached hydrogen (secondary N) is 1. The van der Waals surface area contributed by atoms with Crippen molar-refractivity contribution in [2.45, 2.75) is 46.6 Å². The van der Waals surface area contributed by atoms with Crippen molar-refractivity contribution in [1.82, 2.24) is 20.1 Å². The standard InChI is InChI=1S/C25H31N5O2S/c1-5-7-14-30(17-31)25(32)28-24(29(4)16-19-10-8-18(3)9-11-19)26-20-12-13-21-22(15-20)33-23(6-2)27-21/h8-13,15,17H,5-7,14,16H2,1-4H3,(H,26,28,32). The number of carbonyl (C=O) groups is 2. The number of thiazole rings is 1. The van der Waals surface area contributed by atoms with Gasteiger partial charge >= 0.3 is 6.03 Å². The maximum atomic E-state index is 12.8. The number of nitrogens with zero attached hydrogens (tertiary/aromatic N) is 4. The SMILES string of the molecule is CCCCN(C=O)C(=O)NC(=Nc1ccc2nc(CC)sc2c1)N(C)Cc1ccc(C)cc1. The minimum absolute atomic E-state index is 0.368. The van der Waals surface area contributed by atoms with E-state index in [0.717, 1.165) is 45.0 Å². The number of aromatic nitrogens is 1. The number of aryl methyl sites for hydroxylation is 2. The Hall–Kier alpha value is -3.26. The Kier molecular flexibility index (Phi) is 8.54. The molecule has 1 N–H and O–H groups in total. The molecule has 1 aromatic heterocycles. The number of fused-ring (bicyclic) bond motifs is 1. The summed E-state index contributed by atoms with van der Waals surface area (Å²) in [6.07, 6.45) is 3.09. The van der Waals surface area contributed by atoms with Crippen LogP contribution in [0.2, 0.25) is 0 Å². The molecule has 174 valence electrons. The van der Waals surface area contributed by atoms with Crippen molar-refractivity contribution in [1.29, 1.82) is 0 Å². The molecule has 0 aliphatic carbocycles. The molecule has 0 atom stereocenters. The molecule has 0 unspecified atom stereocenters. The monoisotopic (exact) mass is 465 g/mol. The van der Waals surface area contributed by atoms with Gasteiger partial charge in [0.1, 0.15) is 0 Å². The molecular weight excluding hydrogens is 434 g/mol. The number of guanidine groups is 1. The maximum absolute atomic E-state index is 12.8. The van der Waals surface area contributed by atoms with Crippen molar-refractivity contribution in [2.24, 2.45) is 4.99 Å². The molecule has 0 saturated heterocycles. The van der Waals surface area contributed by atoms with E-state index in [1.807, 2.05) is 44.0 Å². The van der Waals surface area contributed by atoms with E-state index in [0.29, 0.717) is 31.1 Å². The van der Waals surface area contributed by atoms with E-state index in [2.05, 4.69) is 41.5 Å². The van der Waals surface area contributed by atoms with Crippen LogP contribution in [0.5, 0.6) is 0 Å². The van der Waals surface area contributed by atoms with Crippen molar-refractivity contribution in [3.63, 3.8) is 0 Å². The number of benzene rings is 2. The van der Waals surface area contributed by atoms with E-state index in [1.165, 1.54) is 5.56 Å². The summed E-state index contributed by atoms with van der Waals surface area (Å²) in [5, 5.41) is 3.92. The fourth-order valence-corrected chi connectivity index (χ4v) is 4.19. The van der Waals surface area contributed by atoms with E-state index in [1.54, 1.807) is 11.3 Å². The normalized spacial score (nSPS) is 11.5. The van der Waals surface area contributed by atoms with Crippen molar-refractivity contribution < 1.29 is 9.59 Å². The lowest BCUT2D eigenvalue weighted by Gasteiger charge is -2.24. The number of hydrogen-bond acceptors (Lipinski definition) is 5. The Balaban J connectivity index is 1.90. The number of amides is 3. The number of carbonyl (C=O) groups excluding carboxylic acids is 2. The first-order valence-corrected chi connectivity index (χ1v) is 12.0. The molecule has 0 aliphatic rings. The lowest BCUT2D eigenvalue weighted by atomic mass is 10.1. The summed E-state index contributed by atoms with van der Waals surface area (Å²) >= 11 is 1.65. The number of hydrogen-bond donors (Lipinski definition) is 1. The van der Waals surface area contributed by atoms with Crippen molar-refractivity contribution in [3.8, 4) is 0 Å². The predicted molar refractivity (Wildman–Crippen MR) is 135 cm³/mol. The molecule has 0 radical (unpaired) electrons. The lowest BCUT2D eigenvalue weighted by Crippen LogP contribution is -2.48. The number of imide groups is 1. The van der Waals surface area contributed by atoms with Crippen LogP contribution in [-0.2, 0) is 17.8 Å². The van der Waals surface area contributed by atoms with Crippen LogP contribution in [0.25, 0.3) is 10.2 Å². The Morgan fingerprint density at radius 2 is 1.94 bits per heavy atom. The lowest BCUT2D eigenvalue weighted by molar-refractivity contribution is -0.115. The summed E-state index contributed by atoms with van der Waals surface area (Å²) in [5.41, 5.74) is 3.94. The Labute approximate surface area is 199 Å². The number of urea groups is 1. The molecule has 3 rings (SSSR count). The fraction of sp³-hybridized carbons (Fsp3) is 0.360. The largest absolute Gasteiger partial charge is 0.341 e. The molecule has 0 bridgehead atoms. The smallest absolute Gasteiger partial charge is 0.330 e. The second-order valence-corrected chi connectivity index (χ2v) is 9.09. The maximum Gasteiger partial charge on any atom is 0.330 e. The third-order valence-electron chi connectivity index (χ3n) is 5.22. The van der Waals surface area contributed by atoms with Gasteiger partial charge in [-0.2, -0.15) is 0 Å². The van der Waals surface area contributed by atoms with Gasteiger partial charge in [0.2, 0.25) is 12.4 Å². The van der Waals surface area contributed by atoms with Gasteiger partial charge in [0.15, 0.2) is 0 Å². The first kappa shape index (κ1) is 24.4. The van der Waals surface area contributed by atoms with Crippen molar-refractivity contribution >= 4 is 45.6 Å². The first-order chi connectivity index (χ1) is 15.9. The summed E-state index contributed by atoms with van der Waals surface area (Å²) in [7, 11) is 1.87. The molecule has 0 aliphatic heterocycles. The van der Waals surface area contributed by atoms with Crippen LogP contribution in [0.3, 0.4) is 0 Å². The average molecular weight is 466 g/mol. The van der Waals surface area contributed by atoms with E-state index >= 15 is 0 Å². The van der Waals surface area contributed by atoms with Gasteiger partial charge in [-0.05, 0) is 43.5 Å². The molecule has 3 amide bonds. The Bertz CT molecular complexity index is 1120. The number of rotatable bonds is 8. The van der Waals surface area contributed by atoms with Crippen LogP contribution in [0, 0.1) is 6.92 Å². The van der Waals surface area contributed by atoms with Crippen molar-refractivity contribution in [2.75, 3.05) is 13.6 Å². The summed E-state index contributed by atoms with van der Waals surface area (Å²) in [6, 6.07) is 13.6. The minimum atomic E-state index is -0.486. The molecule has 3 aromatic rings. The predicted octanol–water partition coefficient (Wildman–Crippen LogP) is 5.25. The summed E-state index contributed by atoms with van der Waals surface area (Å²) < 4.78 is 1.05. The topological polar surface area (TPSA) is 77.9 Å². The Morgan fingerprint density at radius 1 is 1.18 bits per heavy atom. The molecule has 8 heteroatoms. The zero-order valence-corrected chi connectivity index (χ0v) is 20.5. The van der Waals surface area contributed by atoms with E-state index < -0.39 is 6.03 Å². The van der Waals surface area contributed by atoms with Gasteiger partial charge in [0.25, 0.3) is 0 Å². The highest BCUT2D eigenvalue weighted by molar-refractivity contribution is 7.18.